The van der Waals surface area contributed by atoms with Crippen molar-refractivity contribution in [2.45, 2.75) is 39.2 Å². The highest BCUT2D eigenvalue weighted by atomic mass is 79.9. The van der Waals surface area contributed by atoms with Gasteiger partial charge in [0, 0.05) is 4.47 Å². The van der Waals surface area contributed by atoms with Crippen LogP contribution >= 0.6 is 15.9 Å². The third kappa shape index (κ3) is 5.11. The molecule has 1 aromatic carbocycles. The van der Waals surface area contributed by atoms with Crippen molar-refractivity contribution in [2.24, 2.45) is 0 Å². The van der Waals surface area contributed by atoms with Gasteiger partial charge in [0.25, 0.3) is 0 Å². The normalized spacial score (nSPS) is 10.2. The molecule has 0 saturated carbocycles. The molecule has 0 atom stereocenters. The van der Waals surface area contributed by atoms with Crippen molar-refractivity contribution in [3.05, 3.63) is 47.5 Å². The minimum atomic E-state index is 0. The lowest BCUT2D eigenvalue weighted by Crippen LogP contribution is -3.00. The van der Waals surface area contributed by atoms with Crippen LogP contribution in [0.3, 0.4) is 0 Å². The number of unbranched alkanes of at least 4 members (excludes halogenated alkanes) is 3. The zero-order valence-corrected chi connectivity index (χ0v) is 14.4. The van der Waals surface area contributed by atoms with Crippen molar-refractivity contribution < 1.29 is 21.5 Å². The minimum Gasteiger partial charge on any atom is -1.00 e. The Hall–Kier alpha value is -0.610. The van der Waals surface area contributed by atoms with Crippen molar-refractivity contribution >= 4 is 15.9 Å². The number of halogens is 2. The summed E-state index contributed by atoms with van der Waals surface area (Å²) in [6.07, 6.45) is 11.7. The largest absolute Gasteiger partial charge is 1.00 e. The van der Waals surface area contributed by atoms with Crippen LogP contribution in [0.1, 0.15) is 32.6 Å². The maximum Gasteiger partial charge on any atom is 0.248 e. The van der Waals surface area contributed by atoms with Gasteiger partial charge in [-0.1, -0.05) is 35.7 Å². The van der Waals surface area contributed by atoms with Gasteiger partial charge in [0.2, 0.25) is 6.33 Å². The number of benzene rings is 1. The van der Waals surface area contributed by atoms with E-state index in [2.05, 4.69) is 75.0 Å². The first-order valence-corrected chi connectivity index (χ1v) is 7.42. The molecule has 0 radical (unpaired) electrons. The molecular formula is C15H20Br2N2. The summed E-state index contributed by atoms with van der Waals surface area (Å²) < 4.78 is 5.54. The highest BCUT2D eigenvalue weighted by Gasteiger charge is 2.05. The minimum absolute atomic E-state index is 0. The molecule has 0 N–H and O–H groups in total. The summed E-state index contributed by atoms with van der Waals surface area (Å²) in [6, 6.07) is 8.37. The van der Waals surface area contributed by atoms with Crippen molar-refractivity contribution in [2.75, 3.05) is 0 Å². The van der Waals surface area contributed by atoms with Gasteiger partial charge < -0.3 is 17.0 Å². The Kier molecular flexibility index (Phi) is 7.39. The van der Waals surface area contributed by atoms with E-state index in [1.165, 1.54) is 31.4 Å². The Labute approximate surface area is 134 Å². The molecular weight excluding hydrogens is 368 g/mol. The van der Waals surface area contributed by atoms with E-state index < -0.39 is 0 Å². The predicted molar refractivity (Wildman–Crippen MR) is 77.8 cm³/mol. The summed E-state index contributed by atoms with van der Waals surface area (Å²) in [6.45, 7) is 3.36. The first-order valence-electron chi connectivity index (χ1n) is 6.62. The molecule has 0 aliphatic carbocycles. The van der Waals surface area contributed by atoms with Gasteiger partial charge in [0.05, 0.1) is 6.54 Å². The maximum atomic E-state index is 3.46. The first-order chi connectivity index (χ1) is 8.79. The zero-order valence-electron chi connectivity index (χ0n) is 11.2. The van der Waals surface area contributed by atoms with Crippen LogP contribution in [0.2, 0.25) is 0 Å². The topological polar surface area (TPSA) is 8.81 Å². The van der Waals surface area contributed by atoms with E-state index in [0.29, 0.717) is 0 Å². The molecule has 0 saturated heterocycles. The van der Waals surface area contributed by atoms with Crippen LogP contribution in [0.5, 0.6) is 0 Å². The van der Waals surface area contributed by atoms with Gasteiger partial charge in [-0.3, -0.25) is 0 Å². The highest BCUT2D eigenvalue weighted by Crippen LogP contribution is 2.13. The van der Waals surface area contributed by atoms with Gasteiger partial charge >= 0.3 is 0 Å². The fourth-order valence-corrected chi connectivity index (χ4v) is 2.28. The SMILES string of the molecule is CCCCCC[n+]1ccn(-c2ccc(Br)cc2)c1.[Br-]. The lowest BCUT2D eigenvalue weighted by Gasteiger charge is -1.97. The van der Waals surface area contributed by atoms with E-state index in [9.17, 15) is 0 Å². The van der Waals surface area contributed by atoms with E-state index >= 15 is 0 Å². The Bertz CT molecular complexity index is 477. The molecule has 4 heteroatoms. The van der Waals surface area contributed by atoms with Crippen LogP contribution in [0.25, 0.3) is 5.69 Å². The first kappa shape index (κ1) is 16.4. The molecule has 2 rings (SSSR count). The number of hydrogen-bond acceptors (Lipinski definition) is 0. The standard InChI is InChI=1S/C15H20BrN2.BrH/c1-2-3-4-5-10-17-11-12-18(13-17)15-8-6-14(16)7-9-15;/h6-9,11-13H,2-5,10H2,1H3;1H/q+1;/p-1. The monoisotopic (exact) mass is 386 g/mol. The third-order valence-corrected chi connectivity index (χ3v) is 3.61. The Morgan fingerprint density at radius 3 is 2.53 bits per heavy atom. The van der Waals surface area contributed by atoms with Crippen LogP contribution in [0, 0.1) is 0 Å². The number of nitrogens with zero attached hydrogens (tertiary/aromatic N) is 2. The quantitative estimate of drug-likeness (QED) is 0.518. The fourth-order valence-electron chi connectivity index (χ4n) is 2.01. The van der Waals surface area contributed by atoms with Gasteiger partial charge in [-0.25, -0.2) is 9.13 Å². The Morgan fingerprint density at radius 1 is 1.11 bits per heavy atom. The number of aromatic nitrogens is 2. The smallest absolute Gasteiger partial charge is 0.248 e. The molecule has 1 heterocycles. The van der Waals surface area contributed by atoms with Crippen molar-refractivity contribution in [1.82, 2.24) is 4.57 Å². The molecule has 0 bridgehead atoms. The molecule has 19 heavy (non-hydrogen) atoms. The molecule has 0 amide bonds. The molecule has 0 aliphatic rings. The molecule has 0 aliphatic heterocycles. The molecule has 2 nitrogen and oxygen atoms in total. The van der Waals surface area contributed by atoms with E-state index in [0.717, 1.165) is 11.0 Å². The zero-order chi connectivity index (χ0) is 12.8. The summed E-state index contributed by atoms with van der Waals surface area (Å²) in [5.74, 6) is 0. The molecule has 0 unspecified atom stereocenters. The van der Waals surface area contributed by atoms with Gasteiger partial charge in [0.1, 0.15) is 18.1 Å². The third-order valence-electron chi connectivity index (χ3n) is 3.09. The number of rotatable bonds is 6. The van der Waals surface area contributed by atoms with Crippen LogP contribution in [0.15, 0.2) is 47.5 Å². The average molecular weight is 388 g/mol. The van der Waals surface area contributed by atoms with E-state index in [1.54, 1.807) is 0 Å². The van der Waals surface area contributed by atoms with E-state index in [4.69, 9.17) is 0 Å². The summed E-state index contributed by atoms with van der Waals surface area (Å²) in [7, 11) is 0. The van der Waals surface area contributed by atoms with Crippen LogP contribution in [0.4, 0.5) is 0 Å². The fraction of sp³-hybridized carbons (Fsp3) is 0.400. The summed E-state index contributed by atoms with van der Waals surface area (Å²) in [4.78, 5) is 0. The Balaban J connectivity index is 0.00000180. The second-order valence-electron chi connectivity index (χ2n) is 4.60. The number of hydrogen-bond donors (Lipinski definition) is 0. The van der Waals surface area contributed by atoms with E-state index in [1.807, 2.05) is 0 Å². The number of imidazole rings is 1. The lowest BCUT2D eigenvalue weighted by molar-refractivity contribution is -0.696. The van der Waals surface area contributed by atoms with Crippen molar-refractivity contribution in [1.29, 1.82) is 0 Å². The van der Waals surface area contributed by atoms with Gasteiger partial charge in [-0.15, -0.1) is 0 Å². The second kappa shape index (κ2) is 8.54. The molecule has 0 fully saturated rings. The maximum absolute atomic E-state index is 3.46. The van der Waals surface area contributed by atoms with Gasteiger partial charge in [-0.2, -0.15) is 0 Å². The van der Waals surface area contributed by atoms with Gasteiger partial charge in [-0.05, 0) is 37.1 Å². The molecule has 1 aromatic heterocycles. The molecule has 2 aromatic rings. The average Bonchev–Trinajstić information content (AvgIpc) is 2.84. The van der Waals surface area contributed by atoms with Gasteiger partial charge in [0.15, 0.2) is 0 Å². The van der Waals surface area contributed by atoms with Crippen molar-refractivity contribution in [3.63, 3.8) is 0 Å². The summed E-state index contributed by atoms with van der Waals surface area (Å²) >= 11 is 3.46. The van der Waals surface area contributed by atoms with Crippen LogP contribution in [-0.4, -0.2) is 4.57 Å². The van der Waals surface area contributed by atoms with Crippen LogP contribution in [-0.2, 0) is 6.54 Å². The van der Waals surface area contributed by atoms with Crippen molar-refractivity contribution in [3.8, 4) is 5.69 Å². The Morgan fingerprint density at radius 2 is 1.84 bits per heavy atom. The van der Waals surface area contributed by atoms with Crippen LogP contribution < -0.4 is 21.5 Å². The number of aryl methyl sites for hydroxylation is 1. The summed E-state index contributed by atoms with van der Waals surface area (Å²) in [5.41, 5.74) is 1.20. The lowest BCUT2D eigenvalue weighted by atomic mass is 10.2. The predicted octanol–water partition coefficient (Wildman–Crippen LogP) is 1.11. The molecule has 104 valence electrons. The second-order valence-corrected chi connectivity index (χ2v) is 5.51. The summed E-state index contributed by atoms with van der Waals surface area (Å²) in [5, 5.41) is 0. The van der Waals surface area contributed by atoms with E-state index in [-0.39, 0.29) is 17.0 Å². The highest BCUT2D eigenvalue weighted by molar-refractivity contribution is 9.10. The molecule has 0 spiro atoms.